The number of nitrogens with zero attached hydrogens (tertiary/aromatic N) is 1. The van der Waals surface area contributed by atoms with Gasteiger partial charge in [0.05, 0.1) is 5.69 Å². The second kappa shape index (κ2) is 7.53. The van der Waals surface area contributed by atoms with E-state index in [0.29, 0.717) is 6.54 Å². The smallest absolute Gasteiger partial charge is 0.313 e. The van der Waals surface area contributed by atoms with Gasteiger partial charge in [0, 0.05) is 19.3 Å². The first-order valence-corrected chi connectivity index (χ1v) is 6.95. The standard InChI is InChI=1S/C15H15ClN4O2/c16-13-12(5-2-6-18-13)20-15(22)14(21)19-9-11-4-1-3-10(7-11)8-17/h1-7H,8-9,17H2,(H,19,21)(H,20,22). The van der Waals surface area contributed by atoms with Crippen LogP contribution < -0.4 is 16.4 Å². The first-order chi connectivity index (χ1) is 10.6. The van der Waals surface area contributed by atoms with E-state index in [1.807, 2.05) is 24.3 Å². The van der Waals surface area contributed by atoms with Gasteiger partial charge in [0.1, 0.15) is 0 Å². The molecule has 114 valence electrons. The van der Waals surface area contributed by atoms with Gasteiger partial charge in [-0.25, -0.2) is 4.98 Å². The Labute approximate surface area is 132 Å². The number of halogens is 1. The van der Waals surface area contributed by atoms with Crippen LogP contribution in [0.5, 0.6) is 0 Å². The molecular formula is C15H15ClN4O2. The third kappa shape index (κ3) is 4.28. The normalized spacial score (nSPS) is 10.1. The van der Waals surface area contributed by atoms with E-state index in [0.717, 1.165) is 11.1 Å². The van der Waals surface area contributed by atoms with Gasteiger partial charge in [-0.05, 0) is 23.3 Å². The highest BCUT2D eigenvalue weighted by molar-refractivity contribution is 6.41. The Balaban J connectivity index is 1.91. The van der Waals surface area contributed by atoms with Crippen molar-refractivity contribution in [3.8, 4) is 0 Å². The Morgan fingerprint density at radius 2 is 1.91 bits per heavy atom. The van der Waals surface area contributed by atoms with Gasteiger partial charge in [-0.1, -0.05) is 35.9 Å². The van der Waals surface area contributed by atoms with Crippen LogP contribution in [0.25, 0.3) is 0 Å². The lowest BCUT2D eigenvalue weighted by Crippen LogP contribution is -2.35. The molecule has 0 unspecified atom stereocenters. The minimum Gasteiger partial charge on any atom is -0.344 e. The molecule has 0 aliphatic heterocycles. The van der Waals surface area contributed by atoms with Crippen LogP contribution >= 0.6 is 11.6 Å². The molecule has 0 spiro atoms. The van der Waals surface area contributed by atoms with Crippen LogP contribution in [-0.2, 0) is 22.7 Å². The summed E-state index contributed by atoms with van der Waals surface area (Å²) in [7, 11) is 0. The number of nitrogens with two attached hydrogens (primary N) is 1. The zero-order valence-corrected chi connectivity index (χ0v) is 12.4. The quantitative estimate of drug-likeness (QED) is 0.587. The number of aromatic nitrogens is 1. The minimum absolute atomic E-state index is 0.124. The Hall–Kier alpha value is -2.44. The van der Waals surface area contributed by atoms with Gasteiger partial charge in [0.2, 0.25) is 0 Å². The molecule has 0 radical (unpaired) electrons. The average Bonchev–Trinajstić information content (AvgIpc) is 2.54. The molecule has 0 atom stereocenters. The Morgan fingerprint density at radius 3 is 2.64 bits per heavy atom. The molecule has 0 fully saturated rings. The second-order valence-corrected chi connectivity index (χ2v) is 4.86. The molecule has 22 heavy (non-hydrogen) atoms. The SMILES string of the molecule is NCc1cccc(CNC(=O)C(=O)Nc2cccnc2Cl)c1. The van der Waals surface area contributed by atoms with Gasteiger partial charge >= 0.3 is 11.8 Å². The van der Waals surface area contributed by atoms with Crippen molar-refractivity contribution >= 4 is 29.1 Å². The van der Waals surface area contributed by atoms with Gasteiger partial charge in [0.15, 0.2) is 5.15 Å². The highest BCUT2D eigenvalue weighted by atomic mass is 35.5. The highest BCUT2D eigenvalue weighted by Crippen LogP contribution is 2.17. The van der Waals surface area contributed by atoms with E-state index in [4.69, 9.17) is 17.3 Å². The van der Waals surface area contributed by atoms with Crippen LogP contribution in [0.3, 0.4) is 0 Å². The zero-order chi connectivity index (χ0) is 15.9. The van der Waals surface area contributed by atoms with Crippen molar-refractivity contribution in [3.63, 3.8) is 0 Å². The van der Waals surface area contributed by atoms with Gasteiger partial charge in [-0.3, -0.25) is 9.59 Å². The Kier molecular flexibility index (Phi) is 5.46. The van der Waals surface area contributed by atoms with E-state index >= 15 is 0 Å². The van der Waals surface area contributed by atoms with Gasteiger partial charge in [0.25, 0.3) is 0 Å². The molecule has 1 aromatic heterocycles. The summed E-state index contributed by atoms with van der Waals surface area (Å²) < 4.78 is 0. The van der Waals surface area contributed by atoms with Crippen molar-refractivity contribution in [2.75, 3.05) is 5.32 Å². The van der Waals surface area contributed by atoms with E-state index < -0.39 is 11.8 Å². The number of benzene rings is 1. The number of hydrogen-bond donors (Lipinski definition) is 3. The van der Waals surface area contributed by atoms with Crippen molar-refractivity contribution in [3.05, 3.63) is 58.9 Å². The van der Waals surface area contributed by atoms with Crippen molar-refractivity contribution in [1.29, 1.82) is 0 Å². The zero-order valence-electron chi connectivity index (χ0n) is 11.7. The molecule has 6 nitrogen and oxygen atoms in total. The summed E-state index contributed by atoms with van der Waals surface area (Å²) in [6, 6.07) is 10.6. The van der Waals surface area contributed by atoms with Crippen molar-refractivity contribution < 1.29 is 9.59 Å². The fourth-order valence-electron chi connectivity index (χ4n) is 1.79. The molecule has 0 aliphatic carbocycles. The van der Waals surface area contributed by atoms with Gasteiger partial charge in [-0.2, -0.15) is 0 Å². The summed E-state index contributed by atoms with van der Waals surface area (Å²) in [4.78, 5) is 27.4. The molecule has 2 amide bonds. The summed E-state index contributed by atoms with van der Waals surface area (Å²) in [5, 5.41) is 5.06. The lowest BCUT2D eigenvalue weighted by Gasteiger charge is -2.08. The lowest BCUT2D eigenvalue weighted by atomic mass is 10.1. The maximum Gasteiger partial charge on any atom is 0.313 e. The molecule has 0 aliphatic rings. The Morgan fingerprint density at radius 1 is 1.14 bits per heavy atom. The van der Waals surface area contributed by atoms with Crippen LogP contribution in [0.1, 0.15) is 11.1 Å². The highest BCUT2D eigenvalue weighted by Gasteiger charge is 2.14. The molecule has 0 bridgehead atoms. The molecule has 1 heterocycles. The van der Waals surface area contributed by atoms with Gasteiger partial charge < -0.3 is 16.4 Å². The van der Waals surface area contributed by atoms with Crippen molar-refractivity contribution in [2.45, 2.75) is 13.1 Å². The number of carbonyl (C=O) groups is 2. The molecule has 2 rings (SSSR count). The molecule has 2 aromatic rings. The number of nitrogens with one attached hydrogen (secondary N) is 2. The topological polar surface area (TPSA) is 97.1 Å². The summed E-state index contributed by atoms with van der Waals surface area (Å²) in [6.07, 6.45) is 1.49. The summed E-state index contributed by atoms with van der Waals surface area (Å²) in [5.74, 6) is -1.55. The maximum absolute atomic E-state index is 11.8. The average molecular weight is 319 g/mol. The molecule has 0 saturated heterocycles. The number of carbonyl (C=O) groups excluding carboxylic acids is 2. The first kappa shape index (κ1) is 15.9. The van der Waals surface area contributed by atoms with E-state index in [2.05, 4.69) is 15.6 Å². The van der Waals surface area contributed by atoms with E-state index in [-0.39, 0.29) is 17.4 Å². The second-order valence-electron chi connectivity index (χ2n) is 4.50. The van der Waals surface area contributed by atoms with Crippen LogP contribution in [0.15, 0.2) is 42.6 Å². The van der Waals surface area contributed by atoms with E-state index in [9.17, 15) is 9.59 Å². The molecule has 0 saturated carbocycles. The number of hydrogen-bond acceptors (Lipinski definition) is 4. The van der Waals surface area contributed by atoms with E-state index in [1.165, 1.54) is 6.20 Å². The fourth-order valence-corrected chi connectivity index (χ4v) is 1.95. The Bertz CT molecular complexity index is 691. The van der Waals surface area contributed by atoms with Crippen LogP contribution in [0.2, 0.25) is 5.15 Å². The third-order valence-electron chi connectivity index (χ3n) is 2.89. The molecule has 1 aromatic carbocycles. The van der Waals surface area contributed by atoms with Crippen molar-refractivity contribution in [2.24, 2.45) is 5.73 Å². The number of amides is 2. The van der Waals surface area contributed by atoms with Gasteiger partial charge in [-0.15, -0.1) is 0 Å². The maximum atomic E-state index is 11.8. The van der Waals surface area contributed by atoms with E-state index in [1.54, 1.807) is 12.1 Å². The monoisotopic (exact) mass is 318 g/mol. The van der Waals surface area contributed by atoms with Crippen LogP contribution in [0.4, 0.5) is 5.69 Å². The largest absolute Gasteiger partial charge is 0.344 e. The molecule has 7 heteroatoms. The molecule has 4 N–H and O–H groups in total. The lowest BCUT2D eigenvalue weighted by molar-refractivity contribution is -0.136. The number of pyridine rings is 1. The predicted octanol–water partition coefficient (Wildman–Crippen LogP) is 1.45. The third-order valence-corrected chi connectivity index (χ3v) is 3.19. The summed E-state index contributed by atoms with van der Waals surface area (Å²) in [6.45, 7) is 0.655. The first-order valence-electron chi connectivity index (χ1n) is 6.57. The number of anilines is 1. The van der Waals surface area contributed by atoms with Crippen LogP contribution in [-0.4, -0.2) is 16.8 Å². The fraction of sp³-hybridized carbons (Fsp3) is 0.133. The van der Waals surface area contributed by atoms with Crippen LogP contribution in [0, 0.1) is 0 Å². The minimum atomic E-state index is -0.801. The number of rotatable bonds is 4. The molecular weight excluding hydrogens is 304 g/mol. The summed E-state index contributed by atoms with van der Waals surface area (Å²) in [5.41, 5.74) is 7.66. The predicted molar refractivity (Wildman–Crippen MR) is 84.1 cm³/mol. The van der Waals surface area contributed by atoms with Crippen molar-refractivity contribution in [1.82, 2.24) is 10.3 Å². The summed E-state index contributed by atoms with van der Waals surface area (Å²) >= 11 is 5.81.